The molecule has 5 nitrogen and oxygen atoms in total. The van der Waals surface area contributed by atoms with E-state index in [-0.39, 0.29) is 48.0 Å². The molecule has 156 valence electrons. The van der Waals surface area contributed by atoms with E-state index in [4.69, 9.17) is 16.7 Å². The minimum absolute atomic E-state index is 0.0106. The molecular formula is C20H21ClF2N2O3S. The summed E-state index contributed by atoms with van der Waals surface area (Å²) >= 11 is 7.30. The van der Waals surface area contributed by atoms with E-state index in [1.54, 1.807) is 0 Å². The molecule has 0 spiro atoms. The summed E-state index contributed by atoms with van der Waals surface area (Å²) in [4.78, 5) is 16.9. The van der Waals surface area contributed by atoms with Gasteiger partial charge in [0.1, 0.15) is 11.4 Å². The van der Waals surface area contributed by atoms with E-state index in [9.17, 15) is 14.3 Å². The SMILES string of the molecule is O=C(NCc1ccc(F)cc1Cl)C1(F)CCC(O)(CSCCO)c2ncccc21. The number of carbonyl (C=O) groups is 1. The van der Waals surface area contributed by atoms with Crippen LogP contribution in [0.1, 0.15) is 29.7 Å². The number of alkyl halides is 1. The van der Waals surface area contributed by atoms with Crippen molar-refractivity contribution in [2.75, 3.05) is 18.1 Å². The number of benzene rings is 1. The van der Waals surface area contributed by atoms with Crippen molar-refractivity contribution in [3.8, 4) is 0 Å². The quantitative estimate of drug-likeness (QED) is 0.574. The highest BCUT2D eigenvalue weighted by Crippen LogP contribution is 2.46. The number of aromatic nitrogens is 1. The first-order valence-electron chi connectivity index (χ1n) is 9.08. The molecule has 2 unspecified atom stereocenters. The summed E-state index contributed by atoms with van der Waals surface area (Å²) in [5.41, 5.74) is -3.12. The second-order valence-electron chi connectivity index (χ2n) is 6.93. The lowest BCUT2D eigenvalue weighted by atomic mass is 9.75. The summed E-state index contributed by atoms with van der Waals surface area (Å²) in [6, 6.07) is 6.73. The fraction of sp³-hybridized carbons (Fsp3) is 0.400. The highest BCUT2D eigenvalue weighted by atomic mass is 35.5. The van der Waals surface area contributed by atoms with Crippen LogP contribution in [-0.4, -0.2) is 39.2 Å². The van der Waals surface area contributed by atoms with E-state index in [0.717, 1.165) is 6.07 Å². The highest BCUT2D eigenvalue weighted by Gasteiger charge is 2.51. The van der Waals surface area contributed by atoms with Crippen LogP contribution in [0, 0.1) is 5.82 Å². The molecule has 1 amide bonds. The van der Waals surface area contributed by atoms with Gasteiger partial charge in [-0.25, -0.2) is 8.78 Å². The minimum Gasteiger partial charge on any atom is -0.396 e. The van der Waals surface area contributed by atoms with Crippen molar-refractivity contribution in [2.45, 2.75) is 30.7 Å². The first-order chi connectivity index (χ1) is 13.8. The molecule has 0 bridgehead atoms. The van der Waals surface area contributed by atoms with Crippen LogP contribution in [0.25, 0.3) is 0 Å². The van der Waals surface area contributed by atoms with Gasteiger partial charge in [-0.15, -0.1) is 0 Å². The van der Waals surface area contributed by atoms with Crippen molar-refractivity contribution in [1.82, 2.24) is 10.3 Å². The summed E-state index contributed by atoms with van der Waals surface area (Å²) in [6.07, 6.45) is 1.24. The largest absolute Gasteiger partial charge is 0.396 e. The van der Waals surface area contributed by atoms with E-state index >= 15 is 4.39 Å². The van der Waals surface area contributed by atoms with Gasteiger partial charge in [-0.1, -0.05) is 23.7 Å². The first-order valence-corrected chi connectivity index (χ1v) is 10.6. The number of pyridine rings is 1. The van der Waals surface area contributed by atoms with Crippen LogP contribution >= 0.6 is 23.4 Å². The molecule has 1 heterocycles. The molecule has 2 aromatic rings. The summed E-state index contributed by atoms with van der Waals surface area (Å²) in [7, 11) is 0. The topological polar surface area (TPSA) is 82.5 Å². The maximum Gasteiger partial charge on any atom is 0.262 e. The summed E-state index contributed by atoms with van der Waals surface area (Å²) in [5, 5.41) is 22.6. The molecule has 1 aliphatic rings. The third-order valence-corrected chi connectivity index (χ3v) is 6.45. The Balaban J connectivity index is 1.81. The monoisotopic (exact) mass is 442 g/mol. The van der Waals surface area contributed by atoms with Crippen LogP contribution < -0.4 is 5.32 Å². The maximum absolute atomic E-state index is 15.9. The number of thioether (sulfide) groups is 1. The average Bonchev–Trinajstić information content (AvgIpc) is 2.71. The lowest BCUT2D eigenvalue weighted by Crippen LogP contribution is -2.48. The van der Waals surface area contributed by atoms with Crippen molar-refractivity contribution in [1.29, 1.82) is 0 Å². The number of hydrogen-bond acceptors (Lipinski definition) is 5. The standard InChI is InChI=1S/C20H21ClF2N2O3S/c21-16-10-14(22)4-3-13(16)11-25-18(27)20(23)6-5-19(28,12-29-9-8-26)17-15(20)2-1-7-24-17/h1-4,7,10,26,28H,5-6,8-9,11-12H2,(H,25,27). The van der Waals surface area contributed by atoms with E-state index in [1.165, 1.54) is 42.2 Å². The number of nitrogens with zero attached hydrogens (tertiary/aromatic N) is 1. The minimum atomic E-state index is -2.36. The molecule has 2 atom stereocenters. The molecule has 0 fully saturated rings. The predicted octanol–water partition coefficient (Wildman–Crippen LogP) is 3.06. The van der Waals surface area contributed by atoms with E-state index in [2.05, 4.69) is 10.3 Å². The second-order valence-corrected chi connectivity index (χ2v) is 8.44. The number of aliphatic hydroxyl groups is 2. The molecule has 9 heteroatoms. The van der Waals surface area contributed by atoms with Crippen molar-refractivity contribution >= 4 is 29.3 Å². The van der Waals surface area contributed by atoms with Gasteiger partial charge >= 0.3 is 0 Å². The Kier molecular flexibility index (Phi) is 6.78. The summed E-state index contributed by atoms with van der Waals surface area (Å²) in [5.74, 6) is -0.695. The number of rotatable bonds is 7. The molecule has 0 saturated carbocycles. The normalized spacial score (nSPS) is 23.5. The van der Waals surface area contributed by atoms with Gasteiger partial charge in [0.15, 0.2) is 0 Å². The number of fused-ring (bicyclic) bond motifs is 1. The van der Waals surface area contributed by atoms with Crippen LogP contribution in [0.15, 0.2) is 36.5 Å². The number of aliphatic hydroxyl groups excluding tert-OH is 1. The highest BCUT2D eigenvalue weighted by molar-refractivity contribution is 7.99. The molecule has 3 rings (SSSR count). The second kappa shape index (κ2) is 8.95. The van der Waals surface area contributed by atoms with Gasteiger partial charge < -0.3 is 15.5 Å². The first kappa shape index (κ1) is 22.0. The van der Waals surface area contributed by atoms with E-state index in [0.29, 0.717) is 11.3 Å². The van der Waals surface area contributed by atoms with Crippen LogP contribution in [0.3, 0.4) is 0 Å². The van der Waals surface area contributed by atoms with E-state index < -0.39 is 23.0 Å². The fourth-order valence-electron chi connectivity index (χ4n) is 3.39. The molecule has 0 aliphatic heterocycles. The number of halogens is 3. The smallest absolute Gasteiger partial charge is 0.262 e. The van der Waals surface area contributed by atoms with Crippen molar-refractivity contribution in [3.05, 3.63) is 64.2 Å². The van der Waals surface area contributed by atoms with Gasteiger partial charge in [0.25, 0.3) is 5.91 Å². The Hall–Kier alpha value is -1.74. The van der Waals surface area contributed by atoms with Gasteiger partial charge in [-0.2, -0.15) is 11.8 Å². The number of nitrogens with one attached hydrogen (secondary N) is 1. The van der Waals surface area contributed by atoms with Crippen molar-refractivity contribution < 1.29 is 23.8 Å². The number of hydrogen-bond donors (Lipinski definition) is 3. The van der Waals surface area contributed by atoms with Gasteiger partial charge in [0.05, 0.1) is 12.3 Å². The van der Waals surface area contributed by atoms with Crippen molar-refractivity contribution in [3.63, 3.8) is 0 Å². The zero-order valence-corrected chi connectivity index (χ0v) is 17.1. The molecule has 29 heavy (non-hydrogen) atoms. The molecule has 1 aliphatic carbocycles. The van der Waals surface area contributed by atoms with E-state index in [1.807, 2.05) is 0 Å². The molecular weight excluding hydrogens is 422 g/mol. The zero-order valence-electron chi connectivity index (χ0n) is 15.5. The fourth-order valence-corrected chi connectivity index (χ4v) is 4.52. The van der Waals surface area contributed by atoms with Crippen molar-refractivity contribution in [2.24, 2.45) is 0 Å². The van der Waals surface area contributed by atoms with Gasteiger partial charge in [-0.3, -0.25) is 9.78 Å². The summed E-state index contributed by atoms with van der Waals surface area (Å²) < 4.78 is 29.0. The number of amides is 1. The zero-order chi connectivity index (χ0) is 21.1. The van der Waals surface area contributed by atoms with Gasteiger partial charge in [0.2, 0.25) is 5.67 Å². The average molecular weight is 443 g/mol. The summed E-state index contributed by atoms with van der Waals surface area (Å²) in [6.45, 7) is -0.0902. The number of carbonyl (C=O) groups excluding carboxylic acids is 1. The third kappa shape index (κ3) is 4.55. The molecule has 3 N–H and O–H groups in total. The Labute approximate surface area is 176 Å². The van der Waals surface area contributed by atoms with Crippen LogP contribution in [0.2, 0.25) is 5.02 Å². The van der Waals surface area contributed by atoms with Gasteiger partial charge in [-0.05, 0) is 36.6 Å². The van der Waals surface area contributed by atoms with Crippen LogP contribution in [0.5, 0.6) is 0 Å². The predicted molar refractivity (Wildman–Crippen MR) is 108 cm³/mol. The van der Waals surface area contributed by atoms with Crippen LogP contribution in [0.4, 0.5) is 8.78 Å². The Morgan fingerprint density at radius 1 is 1.34 bits per heavy atom. The third-order valence-electron chi connectivity index (χ3n) is 4.95. The van der Waals surface area contributed by atoms with Gasteiger partial charge in [0, 0.05) is 34.8 Å². The lowest BCUT2D eigenvalue weighted by molar-refractivity contribution is -0.136. The Morgan fingerprint density at radius 3 is 2.86 bits per heavy atom. The molecule has 0 saturated heterocycles. The molecule has 0 radical (unpaired) electrons. The van der Waals surface area contributed by atoms with Crippen LogP contribution in [-0.2, 0) is 22.6 Å². The maximum atomic E-state index is 15.9. The Bertz CT molecular complexity index is 904. The lowest BCUT2D eigenvalue weighted by Gasteiger charge is -2.39. The molecule has 1 aromatic heterocycles. The molecule has 1 aromatic carbocycles. The Morgan fingerprint density at radius 2 is 2.14 bits per heavy atom.